The summed E-state index contributed by atoms with van der Waals surface area (Å²) in [6.07, 6.45) is 10.7. The van der Waals surface area contributed by atoms with E-state index in [9.17, 15) is 9.50 Å². The van der Waals surface area contributed by atoms with Gasteiger partial charge in [-0.15, -0.1) is 6.58 Å². The topological polar surface area (TPSA) is 33.1 Å². The van der Waals surface area contributed by atoms with Crippen molar-refractivity contribution in [2.75, 3.05) is 0 Å². The van der Waals surface area contributed by atoms with Crippen LogP contribution in [0.15, 0.2) is 67.4 Å². The van der Waals surface area contributed by atoms with Crippen LogP contribution < -0.4 is 0 Å². The second-order valence-electron chi connectivity index (χ2n) is 7.17. The van der Waals surface area contributed by atoms with Crippen LogP contribution in [0.5, 0.6) is 0 Å². The maximum Gasteiger partial charge on any atom is 0.133 e. The lowest BCUT2D eigenvalue weighted by Crippen LogP contribution is -1.97. The first-order chi connectivity index (χ1) is 13.6. The van der Waals surface area contributed by atoms with Gasteiger partial charge in [0.15, 0.2) is 0 Å². The average Bonchev–Trinajstić information content (AvgIpc) is 2.67. The molecule has 1 heterocycles. The van der Waals surface area contributed by atoms with Gasteiger partial charge in [-0.1, -0.05) is 36.4 Å². The Hall–Kier alpha value is -2.78. The third-order valence-electron chi connectivity index (χ3n) is 4.74. The van der Waals surface area contributed by atoms with Gasteiger partial charge in [0.25, 0.3) is 0 Å². The van der Waals surface area contributed by atoms with E-state index in [1.807, 2.05) is 36.4 Å². The Morgan fingerprint density at radius 3 is 2.75 bits per heavy atom. The molecular weight excluding hydrogens is 349 g/mol. The maximum atomic E-state index is 14.7. The molecule has 1 unspecified atom stereocenters. The minimum Gasteiger partial charge on any atom is -0.393 e. The molecule has 3 aromatic rings. The van der Waals surface area contributed by atoms with Gasteiger partial charge >= 0.3 is 0 Å². The van der Waals surface area contributed by atoms with E-state index in [0.717, 1.165) is 42.0 Å². The van der Waals surface area contributed by atoms with Gasteiger partial charge in [-0.25, -0.2) is 4.39 Å². The lowest BCUT2D eigenvalue weighted by Gasteiger charge is -2.07. The average molecular weight is 375 g/mol. The van der Waals surface area contributed by atoms with Crippen molar-refractivity contribution in [3.05, 3.63) is 84.3 Å². The third kappa shape index (κ3) is 5.14. The molecule has 1 N–H and O–H groups in total. The molecule has 1 aromatic heterocycles. The fourth-order valence-electron chi connectivity index (χ4n) is 3.23. The van der Waals surface area contributed by atoms with Gasteiger partial charge in [0, 0.05) is 17.1 Å². The fourth-order valence-corrected chi connectivity index (χ4v) is 3.23. The maximum absolute atomic E-state index is 14.7. The molecule has 1 atom stereocenters. The van der Waals surface area contributed by atoms with E-state index in [0.29, 0.717) is 11.3 Å². The van der Waals surface area contributed by atoms with E-state index in [1.165, 1.54) is 5.56 Å². The molecule has 0 aliphatic heterocycles. The van der Waals surface area contributed by atoms with Gasteiger partial charge < -0.3 is 5.11 Å². The fraction of sp³-hybridized carbons (Fsp3) is 0.240. The molecular formula is C25H26FNO. The Kier molecular flexibility index (Phi) is 6.72. The van der Waals surface area contributed by atoms with Crippen LogP contribution in [0, 0.1) is 5.82 Å². The van der Waals surface area contributed by atoms with Gasteiger partial charge in [-0.05, 0) is 73.4 Å². The molecule has 0 saturated carbocycles. The number of hydrogen-bond donors (Lipinski definition) is 1. The van der Waals surface area contributed by atoms with Crippen molar-refractivity contribution in [3.8, 4) is 11.3 Å². The number of fused-ring (bicyclic) bond motifs is 1. The van der Waals surface area contributed by atoms with Crippen LogP contribution in [-0.4, -0.2) is 16.2 Å². The van der Waals surface area contributed by atoms with Crippen molar-refractivity contribution in [2.24, 2.45) is 0 Å². The first-order valence-electron chi connectivity index (χ1n) is 9.71. The normalized spacial score (nSPS) is 12.5. The summed E-state index contributed by atoms with van der Waals surface area (Å²) in [5, 5.41) is 11.3. The van der Waals surface area contributed by atoms with Crippen LogP contribution in [0.1, 0.15) is 37.3 Å². The molecule has 3 rings (SSSR count). The molecule has 0 spiro atoms. The Balaban J connectivity index is 1.77. The Labute approximate surface area is 166 Å². The highest BCUT2D eigenvalue weighted by Gasteiger charge is 2.08. The molecule has 144 valence electrons. The highest BCUT2D eigenvalue weighted by Crippen LogP contribution is 2.26. The molecule has 0 fully saturated rings. The van der Waals surface area contributed by atoms with Crippen molar-refractivity contribution in [3.63, 3.8) is 0 Å². The number of allylic oxidation sites excluding steroid dienone is 2. The van der Waals surface area contributed by atoms with Crippen molar-refractivity contribution < 1.29 is 9.50 Å². The molecule has 0 saturated heterocycles. The molecule has 2 nitrogen and oxygen atoms in total. The minimum absolute atomic E-state index is 0.270. The van der Waals surface area contributed by atoms with Crippen LogP contribution in [0.4, 0.5) is 4.39 Å². The number of unbranched alkanes of at least 4 members (excludes halogenated alkanes) is 1. The van der Waals surface area contributed by atoms with Gasteiger partial charge in [-0.3, -0.25) is 4.98 Å². The van der Waals surface area contributed by atoms with Crippen molar-refractivity contribution in [2.45, 2.75) is 38.7 Å². The number of rotatable bonds is 8. The number of pyridine rings is 1. The molecule has 0 aliphatic carbocycles. The zero-order valence-corrected chi connectivity index (χ0v) is 16.2. The number of aromatic nitrogens is 1. The Bertz CT molecular complexity index is 991. The molecule has 0 aliphatic rings. The zero-order valence-electron chi connectivity index (χ0n) is 16.2. The first-order valence-corrected chi connectivity index (χ1v) is 9.71. The highest BCUT2D eigenvalue weighted by atomic mass is 19.1. The van der Waals surface area contributed by atoms with Crippen LogP contribution in [-0.2, 0) is 6.42 Å². The standard InChI is InChI=1S/C25H26FNO/c1-3-7-19-10-12-21-16-25(27-17-22(21)14-19)23-13-11-20(15-24(23)26)9-6-4-5-8-18(2)28/h3,6,9-18,28H,1,4-5,7-8H2,2H3/b9-6+. The highest BCUT2D eigenvalue weighted by molar-refractivity contribution is 5.86. The number of aliphatic hydroxyl groups is 1. The van der Waals surface area contributed by atoms with E-state index in [2.05, 4.69) is 23.7 Å². The molecule has 0 radical (unpaired) electrons. The summed E-state index contributed by atoms with van der Waals surface area (Å²) < 4.78 is 14.7. The van der Waals surface area contributed by atoms with Gasteiger partial charge in [-0.2, -0.15) is 0 Å². The van der Waals surface area contributed by atoms with Crippen molar-refractivity contribution >= 4 is 16.8 Å². The summed E-state index contributed by atoms with van der Waals surface area (Å²) in [6.45, 7) is 5.56. The number of hydrogen-bond acceptors (Lipinski definition) is 2. The molecule has 3 heteroatoms. The van der Waals surface area contributed by atoms with Crippen LogP contribution in [0.25, 0.3) is 28.1 Å². The lowest BCUT2D eigenvalue weighted by atomic mass is 10.0. The smallest absolute Gasteiger partial charge is 0.133 e. The SMILES string of the molecule is C=CCc1ccc2cc(-c3ccc(/C=C/CCCC(C)O)cc3F)ncc2c1. The van der Waals surface area contributed by atoms with Gasteiger partial charge in [0.2, 0.25) is 0 Å². The third-order valence-corrected chi connectivity index (χ3v) is 4.74. The molecule has 0 amide bonds. The first kappa shape index (κ1) is 20.0. The zero-order chi connectivity index (χ0) is 19.9. The second-order valence-corrected chi connectivity index (χ2v) is 7.17. The Morgan fingerprint density at radius 1 is 1.14 bits per heavy atom. The minimum atomic E-state index is -0.277. The summed E-state index contributed by atoms with van der Waals surface area (Å²) in [5.74, 6) is -0.277. The predicted octanol–water partition coefficient (Wildman–Crippen LogP) is 6.33. The van der Waals surface area contributed by atoms with Crippen LogP contribution in [0.3, 0.4) is 0 Å². The lowest BCUT2D eigenvalue weighted by molar-refractivity contribution is 0.182. The van der Waals surface area contributed by atoms with E-state index in [-0.39, 0.29) is 11.9 Å². The van der Waals surface area contributed by atoms with Gasteiger partial charge in [0.05, 0.1) is 11.8 Å². The largest absolute Gasteiger partial charge is 0.393 e. The summed E-state index contributed by atoms with van der Waals surface area (Å²) in [5.41, 5.74) is 3.15. The van der Waals surface area contributed by atoms with Crippen LogP contribution >= 0.6 is 0 Å². The monoisotopic (exact) mass is 375 g/mol. The Morgan fingerprint density at radius 2 is 2.00 bits per heavy atom. The summed E-state index contributed by atoms with van der Waals surface area (Å²) >= 11 is 0. The van der Waals surface area contributed by atoms with E-state index in [1.54, 1.807) is 25.3 Å². The predicted molar refractivity (Wildman–Crippen MR) is 116 cm³/mol. The summed E-state index contributed by atoms with van der Waals surface area (Å²) in [4.78, 5) is 4.46. The van der Waals surface area contributed by atoms with E-state index >= 15 is 0 Å². The summed E-state index contributed by atoms with van der Waals surface area (Å²) in [6, 6.07) is 13.4. The van der Waals surface area contributed by atoms with Crippen molar-refractivity contribution in [1.82, 2.24) is 4.98 Å². The molecule has 2 aromatic carbocycles. The van der Waals surface area contributed by atoms with E-state index in [4.69, 9.17) is 0 Å². The quantitative estimate of drug-likeness (QED) is 0.368. The van der Waals surface area contributed by atoms with Gasteiger partial charge in [0.1, 0.15) is 5.82 Å². The van der Waals surface area contributed by atoms with Crippen LogP contribution in [0.2, 0.25) is 0 Å². The molecule has 28 heavy (non-hydrogen) atoms. The molecule has 0 bridgehead atoms. The summed E-state index contributed by atoms with van der Waals surface area (Å²) in [7, 11) is 0. The van der Waals surface area contributed by atoms with E-state index < -0.39 is 0 Å². The second kappa shape index (κ2) is 9.43. The number of nitrogens with zero attached hydrogens (tertiary/aromatic N) is 1. The number of benzene rings is 2. The van der Waals surface area contributed by atoms with Crippen molar-refractivity contribution in [1.29, 1.82) is 0 Å². The number of aliphatic hydroxyl groups excluding tert-OH is 1. The number of halogens is 1.